The molecule has 3 unspecified atom stereocenters. The van der Waals surface area contributed by atoms with Crippen LogP contribution in [0, 0.1) is 5.92 Å². The number of ether oxygens (including phenoxy) is 1. The van der Waals surface area contributed by atoms with Gasteiger partial charge in [-0.1, -0.05) is 49.6 Å². The van der Waals surface area contributed by atoms with Crippen molar-refractivity contribution in [2.75, 3.05) is 13.7 Å². The van der Waals surface area contributed by atoms with E-state index in [1.54, 1.807) is 0 Å². The maximum absolute atomic E-state index is 10.7. The standard InChI is InChI=1S/C20H31NO2.CH4O/c1-2-18-12-13-23-20(18)9-4-3-6-16-7-5-8-17(11-10-16)14-19(21)15-22;1-2/h5,8,10-11,15,18-20H,2-4,6-7,9,12-14,21H2,1H3;2H,1H3. The van der Waals surface area contributed by atoms with Crippen molar-refractivity contribution >= 4 is 6.29 Å². The smallest absolute Gasteiger partial charge is 0.137 e. The van der Waals surface area contributed by atoms with Crippen molar-refractivity contribution in [3.63, 3.8) is 0 Å². The predicted octanol–water partition coefficient (Wildman–Crippen LogP) is 3.70. The molecular weight excluding hydrogens is 314 g/mol. The molecule has 1 saturated heterocycles. The largest absolute Gasteiger partial charge is 0.400 e. The molecule has 0 aromatic heterocycles. The maximum atomic E-state index is 10.7. The molecule has 0 aromatic carbocycles. The van der Waals surface area contributed by atoms with Gasteiger partial charge in [0.2, 0.25) is 0 Å². The third-order valence-electron chi connectivity index (χ3n) is 5.00. The summed E-state index contributed by atoms with van der Waals surface area (Å²) in [6, 6.07) is -0.390. The van der Waals surface area contributed by atoms with Crippen LogP contribution >= 0.6 is 0 Å². The van der Waals surface area contributed by atoms with E-state index in [0.717, 1.165) is 44.3 Å². The molecule has 0 aromatic rings. The van der Waals surface area contributed by atoms with Gasteiger partial charge < -0.3 is 20.4 Å². The van der Waals surface area contributed by atoms with E-state index >= 15 is 0 Å². The van der Waals surface area contributed by atoms with Crippen molar-refractivity contribution in [3.05, 3.63) is 35.5 Å². The Bertz CT molecular complexity index is 468. The number of aliphatic hydroxyl groups is 1. The van der Waals surface area contributed by atoms with Crippen LogP contribution < -0.4 is 5.73 Å². The van der Waals surface area contributed by atoms with Crippen molar-refractivity contribution in [1.82, 2.24) is 0 Å². The summed E-state index contributed by atoms with van der Waals surface area (Å²) in [7, 11) is 1.00. The second-order valence-electron chi connectivity index (χ2n) is 6.79. The van der Waals surface area contributed by atoms with Gasteiger partial charge in [0, 0.05) is 13.7 Å². The highest BCUT2D eigenvalue weighted by Gasteiger charge is 2.25. The average Bonchev–Trinajstić information content (AvgIpc) is 2.99. The fourth-order valence-corrected chi connectivity index (χ4v) is 3.53. The second-order valence-corrected chi connectivity index (χ2v) is 6.79. The van der Waals surface area contributed by atoms with Gasteiger partial charge in [-0.2, -0.15) is 0 Å². The van der Waals surface area contributed by atoms with Crippen LogP contribution in [0.1, 0.15) is 58.3 Å². The Morgan fingerprint density at radius 3 is 2.88 bits per heavy atom. The minimum atomic E-state index is -0.390. The highest BCUT2D eigenvalue weighted by Crippen LogP contribution is 2.28. The number of rotatable bonds is 9. The predicted molar refractivity (Wildman–Crippen MR) is 103 cm³/mol. The Labute approximate surface area is 152 Å². The number of carbonyl (C=O) groups excluding carboxylic acids is 1. The van der Waals surface area contributed by atoms with Crippen LogP contribution in [-0.4, -0.2) is 37.3 Å². The molecule has 4 heteroatoms. The third-order valence-corrected chi connectivity index (χ3v) is 5.00. The van der Waals surface area contributed by atoms with Gasteiger partial charge in [-0.15, -0.1) is 0 Å². The first-order chi connectivity index (χ1) is 12.2. The molecule has 4 nitrogen and oxygen atoms in total. The van der Waals surface area contributed by atoms with Crippen LogP contribution in [0.25, 0.3) is 0 Å². The zero-order chi connectivity index (χ0) is 18.5. The minimum absolute atomic E-state index is 0.390. The molecule has 1 fully saturated rings. The quantitative estimate of drug-likeness (QED) is 0.492. The molecule has 1 aliphatic carbocycles. The van der Waals surface area contributed by atoms with Crippen LogP contribution in [0.5, 0.6) is 0 Å². The van der Waals surface area contributed by atoms with Crippen LogP contribution in [0.4, 0.5) is 0 Å². The van der Waals surface area contributed by atoms with E-state index in [4.69, 9.17) is 15.6 Å². The lowest BCUT2D eigenvalue weighted by Crippen LogP contribution is -2.21. The summed E-state index contributed by atoms with van der Waals surface area (Å²) in [6.45, 7) is 3.23. The van der Waals surface area contributed by atoms with Gasteiger partial charge >= 0.3 is 0 Å². The fraction of sp³-hybridized carbons (Fsp3) is 0.667. The van der Waals surface area contributed by atoms with E-state index in [-0.39, 0.29) is 0 Å². The van der Waals surface area contributed by atoms with Gasteiger partial charge in [0.05, 0.1) is 12.1 Å². The van der Waals surface area contributed by atoms with Crippen molar-refractivity contribution in [2.45, 2.75) is 70.4 Å². The highest BCUT2D eigenvalue weighted by molar-refractivity contribution is 5.58. The first kappa shape index (κ1) is 21.8. The van der Waals surface area contributed by atoms with Gasteiger partial charge in [-0.25, -0.2) is 0 Å². The van der Waals surface area contributed by atoms with Crippen LogP contribution in [0.15, 0.2) is 35.5 Å². The Morgan fingerprint density at radius 2 is 2.16 bits per heavy atom. The Hall–Kier alpha value is -1.23. The monoisotopic (exact) mass is 349 g/mol. The first-order valence-electron chi connectivity index (χ1n) is 9.55. The second kappa shape index (κ2) is 13.0. The number of aldehydes is 1. The SMILES string of the molecule is CCC1CCOC1CCCCC1=CC=C(CC(N)C=O)C=CC1.CO. The van der Waals surface area contributed by atoms with Crippen molar-refractivity contribution in [2.24, 2.45) is 11.7 Å². The molecule has 0 spiro atoms. The van der Waals surface area contributed by atoms with Crippen molar-refractivity contribution < 1.29 is 14.6 Å². The molecule has 1 heterocycles. The topological polar surface area (TPSA) is 72.5 Å². The molecule has 0 saturated carbocycles. The summed E-state index contributed by atoms with van der Waals surface area (Å²) in [6.07, 6.45) is 18.9. The minimum Gasteiger partial charge on any atom is -0.400 e. The molecule has 142 valence electrons. The lowest BCUT2D eigenvalue weighted by Gasteiger charge is -2.16. The van der Waals surface area contributed by atoms with Gasteiger partial charge in [0.1, 0.15) is 6.29 Å². The molecule has 3 atom stereocenters. The van der Waals surface area contributed by atoms with Crippen molar-refractivity contribution in [1.29, 1.82) is 0 Å². The van der Waals surface area contributed by atoms with E-state index in [1.165, 1.54) is 37.7 Å². The van der Waals surface area contributed by atoms with Gasteiger partial charge in [0.25, 0.3) is 0 Å². The summed E-state index contributed by atoms with van der Waals surface area (Å²) in [5, 5.41) is 7.00. The summed E-state index contributed by atoms with van der Waals surface area (Å²) < 4.78 is 5.85. The zero-order valence-electron chi connectivity index (χ0n) is 15.8. The number of nitrogens with two attached hydrogens (primary N) is 1. The first-order valence-corrected chi connectivity index (χ1v) is 9.55. The van der Waals surface area contributed by atoms with Crippen LogP contribution in [0.3, 0.4) is 0 Å². The van der Waals surface area contributed by atoms with E-state index < -0.39 is 6.04 Å². The van der Waals surface area contributed by atoms with Crippen LogP contribution in [-0.2, 0) is 9.53 Å². The molecule has 2 aliphatic rings. The van der Waals surface area contributed by atoms with Gasteiger partial charge in [0.15, 0.2) is 0 Å². The Balaban J connectivity index is 0.00000151. The summed E-state index contributed by atoms with van der Waals surface area (Å²) in [5.41, 5.74) is 8.31. The maximum Gasteiger partial charge on any atom is 0.137 e. The summed E-state index contributed by atoms with van der Waals surface area (Å²) >= 11 is 0. The highest BCUT2D eigenvalue weighted by atomic mass is 16.5. The van der Waals surface area contributed by atoms with Crippen LogP contribution in [0.2, 0.25) is 0 Å². The normalized spacial score (nSPS) is 23.8. The van der Waals surface area contributed by atoms with E-state index in [9.17, 15) is 4.79 Å². The molecule has 1 aliphatic heterocycles. The molecule has 3 N–H and O–H groups in total. The zero-order valence-corrected chi connectivity index (χ0v) is 15.8. The number of carbonyl (C=O) groups is 1. The number of hydrogen-bond donors (Lipinski definition) is 2. The van der Waals surface area contributed by atoms with Gasteiger partial charge in [-0.05, 0) is 50.0 Å². The van der Waals surface area contributed by atoms with Crippen molar-refractivity contribution in [3.8, 4) is 0 Å². The summed E-state index contributed by atoms with van der Waals surface area (Å²) in [5.74, 6) is 0.780. The average molecular weight is 350 g/mol. The molecule has 0 radical (unpaired) electrons. The number of unbranched alkanes of at least 4 members (excludes halogenated alkanes) is 1. The van der Waals surface area contributed by atoms with E-state index in [1.807, 2.05) is 0 Å². The van der Waals surface area contributed by atoms with E-state index in [2.05, 4.69) is 31.2 Å². The number of hydrogen-bond acceptors (Lipinski definition) is 4. The summed E-state index contributed by atoms with van der Waals surface area (Å²) in [4.78, 5) is 10.7. The third kappa shape index (κ3) is 8.13. The lowest BCUT2D eigenvalue weighted by molar-refractivity contribution is -0.108. The number of allylic oxidation sites excluding steroid dienone is 5. The van der Waals surface area contributed by atoms with Gasteiger partial charge in [-0.3, -0.25) is 0 Å². The molecular formula is C21H35NO3. The Kier molecular flexibility index (Phi) is 11.4. The molecule has 0 bridgehead atoms. The molecule has 25 heavy (non-hydrogen) atoms. The Morgan fingerprint density at radius 1 is 1.36 bits per heavy atom. The lowest BCUT2D eigenvalue weighted by atomic mass is 9.94. The molecule has 0 amide bonds. The fourth-order valence-electron chi connectivity index (χ4n) is 3.53. The number of aliphatic hydroxyl groups excluding tert-OH is 1. The molecule has 2 rings (SSSR count). The van der Waals surface area contributed by atoms with E-state index in [0.29, 0.717) is 12.5 Å².